The molecule has 4 unspecified atom stereocenters. The lowest BCUT2D eigenvalue weighted by Crippen LogP contribution is -2.40. The fraction of sp³-hybridized carbons (Fsp3) is 0.600. The molecule has 0 N–H and O–H groups in total. The zero-order valence-electron chi connectivity index (χ0n) is 11.5. The number of hydrogen-bond acceptors (Lipinski definition) is 4. The van der Waals surface area contributed by atoms with Crippen LogP contribution >= 0.6 is 22.6 Å². The van der Waals surface area contributed by atoms with Gasteiger partial charge < -0.3 is 9.15 Å². The number of ether oxygens (including phenoxy) is 1. The average molecular weight is 388 g/mol. The van der Waals surface area contributed by atoms with Crippen LogP contribution in [0.4, 0.5) is 0 Å². The molecule has 3 rings (SSSR count). The molecule has 1 aromatic rings. The van der Waals surface area contributed by atoms with Gasteiger partial charge >= 0.3 is 11.6 Å². The van der Waals surface area contributed by atoms with Gasteiger partial charge in [0.05, 0.1) is 5.56 Å². The van der Waals surface area contributed by atoms with E-state index in [1.165, 1.54) is 24.8 Å². The highest BCUT2D eigenvalue weighted by Gasteiger charge is 2.64. The Bertz CT molecular complexity index is 586. The summed E-state index contributed by atoms with van der Waals surface area (Å²) in [6.45, 7) is 4.48. The van der Waals surface area contributed by atoms with Gasteiger partial charge in [-0.25, -0.2) is 9.59 Å². The fourth-order valence-electron chi connectivity index (χ4n) is 3.64. The van der Waals surface area contributed by atoms with Crippen molar-refractivity contribution in [2.75, 3.05) is 0 Å². The van der Waals surface area contributed by atoms with Crippen molar-refractivity contribution < 1.29 is 13.9 Å². The molecule has 20 heavy (non-hydrogen) atoms. The van der Waals surface area contributed by atoms with Gasteiger partial charge in [-0.1, -0.05) is 29.5 Å². The van der Waals surface area contributed by atoms with Crippen molar-refractivity contribution in [2.24, 2.45) is 11.3 Å². The number of carbonyl (C=O) groups excluding carboxylic acids is 1. The minimum absolute atomic E-state index is 0.0313. The topological polar surface area (TPSA) is 56.5 Å². The van der Waals surface area contributed by atoms with E-state index in [9.17, 15) is 9.59 Å². The van der Waals surface area contributed by atoms with E-state index in [-0.39, 0.29) is 14.9 Å². The SMILES string of the molecule is CC1(I)C2CCC1(C)C(OC(=O)c1ccc(=O)oc1)C2. The molecule has 2 bridgehead atoms. The number of esters is 1. The molecule has 4 nitrogen and oxygen atoms in total. The number of hydrogen-bond donors (Lipinski definition) is 0. The lowest BCUT2D eigenvalue weighted by atomic mass is 9.79. The quantitative estimate of drug-likeness (QED) is 0.444. The van der Waals surface area contributed by atoms with Crippen molar-refractivity contribution in [3.8, 4) is 0 Å². The van der Waals surface area contributed by atoms with Gasteiger partial charge in [0.1, 0.15) is 12.4 Å². The molecular weight excluding hydrogens is 371 g/mol. The molecule has 0 saturated heterocycles. The van der Waals surface area contributed by atoms with E-state index in [4.69, 9.17) is 9.15 Å². The highest BCUT2D eigenvalue weighted by atomic mass is 127. The Morgan fingerprint density at radius 3 is 2.70 bits per heavy atom. The van der Waals surface area contributed by atoms with E-state index < -0.39 is 11.6 Å². The fourth-order valence-corrected chi connectivity index (χ4v) is 4.82. The Hall–Kier alpha value is -0.850. The van der Waals surface area contributed by atoms with Crippen molar-refractivity contribution in [3.63, 3.8) is 0 Å². The van der Waals surface area contributed by atoms with Gasteiger partial charge in [0.25, 0.3) is 0 Å². The van der Waals surface area contributed by atoms with Crippen LogP contribution in [-0.2, 0) is 4.74 Å². The molecule has 0 aliphatic heterocycles. The van der Waals surface area contributed by atoms with Crippen LogP contribution in [0.3, 0.4) is 0 Å². The number of rotatable bonds is 2. The van der Waals surface area contributed by atoms with Gasteiger partial charge in [0.15, 0.2) is 0 Å². The Labute approximate surface area is 131 Å². The molecule has 0 spiro atoms. The number of alkyl halides is 1. The predicted octanol–water partition coefficient (Wildman–Crippen LogP) is 3.18. The van der Waals surface area contributed by atoms with Crippen molar-refractivity contribution >= 4 is 28.6 Å². The third-order valence-corrected chi connectivity index (χ3v) is 7.40. The summed E-state index contributed by atoms with van der Waals surface area (Å²) in [5.41, 5.74) is -0.136. The Morgan fingerprint density at radius 2 is 2.20 bits per heavy atom. The molecule has 5 heteroatoms. The van der Waals surface area contributed by atoms with E-state index in [2.05, 4.69) is 36.4 Å². The molecule has 1 heterocycles. The summed E-state index contributed by atoms with van der Waals surface area (Å²) >= 11 is 2.53. The monoisotopic (exact) mass is 388 g/mol. The molecule has 2 saturated carbocycles. The van der Waals surface area contributed by atoms with Crippen molar-refractivity contribution in [3.05, 3.63) is 34.4 Å². The normalized spacial score (nSPS) is 39.0. The summed E-state index contributed by atoms with van der Waals surface area (Å²) in [4.78, 5) is 23.1. The summed E-state index contributed by atoms with van der Waals surface area (Å²) in [6, 6.07) is 2.69. The van der Waals surface area contributed by atoms with Gasteiger partial charge in [-0.2, -0.15) is 0 Å². The summed E-state index contributed by atoms with van der Waals surface area (Å²) in [5, 5.41) is 0. The molecule has 0 aromatic carbocycles. The second-order valence-corrected chi connectivity index (χ2v) is 8.44. The van der Waals surface area contributed by atoms with E-state index in [1.807, 2.05) is 0 Å². The van der Waals surface area contributed by atoms with E-state index in [0.29, 0.717) is 11.5 Å². The van der Waals surface area contributed by atoms with Crippen molar-refractivity contribution in [2.45, 2.75) is 42.6 Å². The molecule has 4 atom stereocenters. The van der Waals surface area contributed by atoms with Gasteiger partial charge in [-0.15, -0.1) is 0 Å². The van der Waals surface area contributed by atoms with Crippen molar-refractivity contribution in [1.29, 1.82) is 0 Å². The van der Waals surface area contributed by atoms with Gasteiger partial charge in [-0.3, -0.25) is 0 Å². The van der Waals surface area contributed by atoms with E-state index >= 15 is 0 Å². The summed E-state index contributed by atoms with van der Waals surface area (Å²) in [6.07, 6.45) is 4.35. The minimum atomic E-state index is -0.465. The maximum absolute atomic E-state index is 12.2. The number of carbonyl (C=O) groups is 1. The lowest BCUT2D eigenvalue weighted by molar-refractivity contribution is -0.00872. The van der Waals surface area contributed by atoms with Gasteiger partial charge in [-0.05, 0) is 38.2 Å². The van der Waals surface area contributed by atoms with Crippen LogP contribution in [0.5, 0.6) is 0 Å². The zero-order chi connectivity index (χ0) is 14.5. The number of halogens is 1. The summed E-state index contributed by atoms with van der Waals surface area (Å²) < 4.78 is 10.6. The molecule has 2 fully saturated rings. The molecule has 2 aliphatic rings. The van der Waals surface area contributed by atoms with Crippen LogP contribution in [0, 0.1) is 11.3 Å². The van der Waals surface area contributed by atoms with Crippen LogP contribution in [0.25, 0.3) is 0 Å². The van der Waals surface area contributed by atoms with Crippen LogP contribution in [0.2, 0.25) is 0 Å². The van der Waals surface area contributed by atoms with Crippen molar-refractivity contribution in [1.82, 2.24) is 0 Å². The molecule has 108 valence electrons. The minimum Gasteiger partial charge on any atom is -0.458 e. The highest BCUT2D eigenvalue weighted by Crippen LogP contribution is 2.65. The zero-order valence-corrected chi connectivity index (χ0v) is 13.7. The molecule has 0 radical (unpaired) electrons. The molecular formula is C15H17IO4. The maximum atomic E-state index is 12.2. The first-order valence-corrected chi connectivity index (χ1v) is 7.91. The second-order valence-electron chi connectivity index (χ2n) is 6.20. The standard InChI is InChI=1S/C15H17IO4/c1-14-6-5-10(15(14,2)16)7-11(14)20-13(18)9-3-4-12(17)19-8-9/h3-4,8,10-11H,5-7H2,1-2H3. The van der Waals surface area contributed by atoms with Gasteiger partial charge in [0, 0.05) is 14.9 Å². The largest absolute Gasteiger partial charge is 0.458 e. The first-order chi connectivity index (χ1) is 9.34. The van der Waals surface area contributed by atoms with Crippen LogP contribution < -0.4 is 5.63 Å². The first-order valence-electron chi connectivity index (χ1n) is 6.83. The molecule has 2 aliphatic carbocycles. The number of fused-ring (bicyclic) bond motifs is 2. The Morgan fingerprint density at radius 1 is 1.45 bits per heavy atom. The lowest BCUT2D eigenvalue weighted by Gasteiger charge is -2.37. The molecule has 1 aromatic heterocycles. The summed E-state index contributed by atoms with van der Waals surface area (Å²) in [7, 11) is 0. The third-order valence-electron chi connectivity index (χ3n) is 5.29. The summed E-state index contributed by atoms with van der Waals surface area (Å²) in [5.74, 6) is 0.208. The molecule has 0 amide bonds. The Balaban J connectivity index is 1.78. The van der Waals surface area contributed by atoms with Crippen LogP contribution in [0.1, 0.15) is 43.5 Å². The maximum Gasteiger partial charge on any atom is 0.341 e. The second kappa shape index (κ2) is 4.58. The Kier molecular flexibility index (Phi) is 3.23. The van der Waals surface area contributed by atoms with E-state index in [0.717, 1.165) is 12.8 Å². The van der Waals surface area contributed by atoms with Crippen LogP contribution in [0.15, 0.2) is 27.6 Å². The first kappa shape index (κ1) is 14.1. The highest BCUT2D eigenvalue weighted by molar-refractivity contribution is 14.1. The van der Waals surface area contributed by atoms with Gasteiger partial charge in [0.2, 0.25) is 0 Å². The smallest absolute Gasteiger partial charge is 0.341 e. The van der Waals surface area contributed by atoms with E-state index in [1.54, 1.807) is 0 Å². The van der Waals surface area contributed by atoms with Crippen LogP contribution in [-0.4, -0.2) is 15.5 Å². The average Bonchev–Trinajstić information content (AvgIpc) is 2.72. The third kappa shape index (κ3) is 1.93. The predicted molar refractivity (Wildman–Crippen MR) is 82.1 cm³/mol.